The van der Waals surface area contributed by atoms with Gasteiger partial charge < -0.3 is 14.9 Å². The number of hydrogen-bond donors (Lipinski definition) is 3. The Morgan fingerprint density at radius 2 is 1.78 bits per heavy atom. The molecule has 0 aliphatic heterocycles. The van der Waals surface area contributed by atoms with Crippen molar-refractivity contribution in [1.29, 1.82) is 0 Å². The van der Waals surface area contributed by atoms with Crippen LogP contribution in [-0.2, 0) is 19.6 Å². The van der Waals surface area contributed by atoms with Crippen molar-refractivity contribution in [2.24, 2.45) is 0 Å². The van der Waals surface area contributed by atoms with Gasteiger partial charge in [0, 0.05) is 17.5 Å². The average Bonchev–Trinajstić information content (AvgIpc) is 2.69. The third-order valence-electron chi connectivity index (χ3n) is 4.74. The average molecular weight is 524 g/mol. The molecule has 0 amide bonds. The fourth-order valence-corrected chi connectivity index (χ4v) is 3.78. The summed E-state index contributed by atoms with van der Waals surface area (Å²) < 4.78 is 44.6. The lowest BCUT2D eigenvalue weighted by molar-refractivity contribution is -0.157. The van der Waals surface area contributed by atoms with Crippen LogP contribution in [0.1, 0.15) is 64.6 Å². The van der Waals surface area contributed by atoms with E-state index >= 15 is 0 Å². The first kappa shape index (κ1) is 29.3. The Balaban J connectivity index is 2.40. The molecule has 0 aliphatic carbocycles. The number of nitrogens with one attached hydrogen (secondary N) is 1. The minimum Gasteiger partial charge on any atom is -0.460 e. The summed E-state index contributed by atoms with van der Waals surface area (Å²) in [6.45, 7) is 8.88. The second kappa shape index (κ2) is 11.9. The summed E-state index contributed by atoms with van der Waals surface area (Å²) in [5, 5.41) is 20.7. The predicted octanol–water partition coefficient (Wildman–Crippen LogP) is 3.63. The lowest BCUT2D eigenvalue weighted by Gasteiger charge is -2.21. The molecule has 2 aromatic rings. The van der Waals surface area contributed by atoms with E-state index in [9.17, 15) is 27.8 Å². The molecule has 0 spiro atoms. The number of ether oxygens (including phenoxy) is 1. The van der Waals surface area contributed by atoms with Gasteiger partial charge in [0.2, 0.25) is 16.0 Å². The van der Waals surface area contributed by atoms with Crippen LogP contribution in [0.2, 0.25) is 0 Å². The van der Waals surface area contributed by atoms with Crippen LogP contribution in [-0.4, -0.2) is 58.6 Å². The Hall–Kier alpha value is -2.89. The summed E-state index contributed by atoms with van der Waals surface area (Å²) in [6.07, 6.45) is 1.36. The van der Waals surface area contributed by atoms with Crippen LogP contribution in [0.4, 0.5) is 10.3 Å². The molecular weight excluding hydrogens is 489 g/mol. The molecule has 1 aromatic heterocycles. The number of hydrogen-bond acceptors (Lipinski definition) is 8. The van der Waals surface area contributed by atoms with Crippen LogP contribution in [0.15, 0.2) is 30.3 Å². The number of rotatable bonds is 10. The van der Waals surface area contributed by atoms with E-state index in [2.05, 4.69) is 14.7 Å². The summed E-state index contributed by atoms with van der Waals surface area (Å²) in [7, 11) is -3.66. The summed E-state index contributed by atoms with van der Waals surface area (Å²) in [6, 6.07) is 5.52. The second-order valence-corrected chi connectivity index (χ2v) is 11.6. The number of nitrogens with zero attached hydrogens (tertiary/aromatic N) is 2. The molecule has 2 rings (SSSR count). The first-order valence-corrected chi connectivity index (χ1v) is 13.3. The summed E-state index contributed by atoms with van der Waals surface area (Å²) in [5.74, 6) is -1.32. The van der Waals surface area contributed by atoms with Crippen molar-refractivity contribution < 1.29 is 32.6 Å². The van der Waals surface area contributed by atoms with Gasteiger partial charge in [0.05, 0.1) is 36.3 Å². The summed E-state index contributed by atoms with van der Waals surface area (Å²) in [4.78, 5) is 20.6. The van der Waals surface area contributed by atoms with Crippen molar-refractivity contribution in [2.75, 3.05) is 11.0 Å². The van der Waals surface area contributed by atoms with E-state index in [-0.39, 0.29) is 24.7 Å². The normalized spacial score (nSPS) is 14.2. The van der Waals surface area contributed by atoms with Crippen LogP contribution in [0, 0.1) is 5.82 Å². The van der Waals surface area contributed by atoms with Gasteiger partial charge in [-0.05, 0) is 51.0 Å². The second-order valence-electron chi connectivity index (χ2n) is 9.84. The van der Waals surface area contributed by atoms with Gasteiger partial charge in [0.1, 0.15) is 11.4 Å². The van der Waals surface area contributed by atoms with E-state index in [1.54, 1.807) is 26.8 Å². The molecule has 36 heavy (non-hydrogen) atoms. The maximum atomic E-state index is 13.5. The quantitative estimate of drug-likeness (QED) is 0.401. The molecule has 0 saturated heterocycles. The Labute approximate surface area is 211 Å². The smallest absolute Gasteiger partial charge is 0.308 e. The lowest BCUT2D eigenvalue weighted by atomic mass is 9.97. The van der Waals surface area contributed by atoms with Gasteiger partial charge in [-0.3, -0.25) is 9.52 Å². The zero-order valence-electron chi connectivity index (χ0n) is 21.3. The van der Waals surface area contributed by atoms with Gasteiger partial charge >= 0.3 is 5.97 Å². The highest BCUT2D eigenvalue weighted by Gasteiger charge is 2.22. The fourth-order valence-electron chi connectivity index (χ4n) is 3.35. The molecule has 1 heterocycles. The number of esters is 1. The van der Waals surface area contributed by atoms with Gasteiger partial charge in [0.25, 0.3) is 0 Å². The van der Waals surface area contributed by atoms with E-state index in [0.717, 1.165) is 6.26 Å². The maximum absolute atomic E-state index is 13.5. The maximum Gasteiger partial charge on any atom is 0.308 e. The van der Waals surface area contributed by atoms with Crippen LogP contribution in [0.5, 0.6) is 0 Å². The Bertz CT molecular complexity index is 1190. The first-order chi connectivity index (χ1) is 16.5. The van der Waals surface area contributed by atoms with Crippen molar-refractivity contribution in [2.45, 2.75) is 71.2 Å². The zero-order valence-corrected chi connectivity index (χ0v) is 22.1. The van der Waals surface area contributed by atoms with Crippen molar-refractivity contribution in [1.82, 2.24) is 9.97 Å². The van der Waals surface area contributed by atoms with E-state index in [1.807, 2.05) is 13.8 Å². The molecule has 1 aromatic carbocycles. The number of halogens is 1. The van der Waals surface area contributed by atoms with Crippen molar-refractivity contribution in [3.63, 3.8) is 0 Å². The molecule has 11 heteroatoms. The monoisotopic (exact) mass is 523 g/mol. The number of aromatic nitrogens is 2. The number of anilines is 1. The van der Waals surface area contributed by atoms with Crippen molar-refractivity contribution >= 4 is 28.0 Å². The lowest BCUT2D eigenvalue weighted by Crippen LogP contribution is -2.27. The van der Waals surface area contributed by atoms with Gasteiger partial charge in [-0.15, -0.1) is 0 Å². The van der Waals surface area contributed by atoms with Crippen LogP contribution >= 0.6 is 0 Å². The Morgan fingerprint density at radius 3 is 2.31 bits per heavy atom. The fraction of sp³-hybridized carbons (Fsp3) is 0.480. The molecule has 2 unspecified atom stereocenters. The van der Waals surface area contributed by atoms with Crippen molar-refractivity contribution in [3.8, 4) is 11.3 Å². The minimum atomic E-state index is -3.66. The van der Waals surface area contributed by atoms with Gasteiger partial charge in [-0.2, -0.15) is 0 Å². The third kappa shape index (κ3) is 9.63. The number of carbonyl (C=O) groups is 1. The molecular formula is C25H34FN3O6S. The van der Waals surface area contributed by atoms with Gasteiger partial charge in [0.15, 0.2) is 0 Å². The predicted molar refractivity (Wildman–Crippen MR) is 136 cm³/mol. The van der Waals surface area contributed by atoms with E-state index < -0.39 is 39.6 Å². The van der Waals surface area contributed by atoms with Gasteiger partial charge in [-0.1, -0.05) is 26.0 Å². The van der Waals surface area contributed by atoms with Crippen LogP contribution in [0.25, 0.3) is 17.3 Å². The molecule has 198 valence electrons. The number of sulfonamides is 1. The molecule has 9 nitrogen and oxygen atoms in total. The standard InChI is InChI=1S/C25H34FN3O6S/c1-15(2)22-20(12-11-18(30)13-19(31)14-21(32)35-25(3,4)5)23(16-7-9-17(26)10-8-16)28-24(27-22)29-36(6,33)34/h7-12,15,18-19,30-31H,13-14H2,1-6H3,(H,27,28,29)/b12-11+. The molecule has 0 saturated carbocycles. The zero-order chi connectivity index (χ0) is 27.3. The van der Waals surface area contributed by atoms with E-state index in [4.69, 9.17) is 4.74 Å². The summed E-state index contributed by atoms with van der Waals surface area (Å²) >= 11 is 0. The third-order valence-corrected chi connectivity index (χ3v) is 5.29. The molecule has 2 atom stereocenters. The minimum absolute atomic E-state index is 0.118. The molecule has 0 fully saturated rings. The molecule has 3 N–H and O–H groups in total. The Kier molecular flexibility index (Phi) is 9.70. The number of aliphatic hydroxyl groups is 2. The van der Waals surface area contributed by atoms with Crippen LogP contribution in [0.3, 0.4) is 0 Å². The topological polar surface area (TPSA) is 139 Å². The first-order valence-electron chi connectivity index (χ1n) is 11.5. The number of carbonyl (C=O) groups excluding carboxylic acids is 1. The Morgan fingerprint density at radius 1 is 1.17 bits per heavy atom. The number of aliphatic hydroxyl groups excluding tert-OH is 2. The van der Waals surface area contributed by atoms with E-state index in [1.165, 1.54) is 30.3 Å². The van der Waals surface area contributed by atoms with E-state index in [0.29, 0.717) is 22.5 Å². The highest BCUT2D eigenvalue weighted by atomic mass is 32.2. The molecule has 0 bridgehead atoms. The van der Waals surface area contributed by atoms with Crippen molar-refractivity contribution in [3.05, 3.63) is 47.4 Å². The molecule has 0 radical (unpaired) electrons. The highest BCUT2D eigenvalue weighted by molar-refractivity contribution is 7.91. The number of benzene rings is 1. The SMILES string of the molecule is CC(C)c1nc(NS(C)(=O)=O)nc(-c2ccc(F)cc2)c1/C=C/C(O)CC(O)CC(=O)OC(C)(C)C. The van der Waals surface area contributed by atoms with Crippen LogP contribution < -0.4 is 4.72 Å². The summed E-state index contributed by atoms with van der Waals surface area (Å²) in [5.41, 5.74) is 1.15. The largest absolute Gasteiger partial charge is 0.460 e. The highest BCUT2D eigenvalue weighted by Crippen LogP contribution is 2.31. The molecule has 0 aliphatic rings. The van der Waals surface area contributed by atoms with Gasteiger partial charge in [-0.25, -0.2) is 22.8 Å².